The molecule has 0 atom stereocenters. The molecule has 7 nitrogen and oxygen atoms in total. The van der Waals surface area contributed by atoms with Gasteiger partial charge in [0, 0.05) is 0 Å². The maximum atomic E-state index is 11.3. The predicted octanol–water partition coefficient (Wildman–Crippen LogP) is 2.49. The Hall–Kier alpha value is -2.31. The van der Waals surface area contributed by atoms with Crippen LogP contribution in [0.3, 0.4) is 0 Å². The Morgan fingerprint density at radius 2 is 2.00 bits per heavy atom. The first-order valence-electron chi connectivity index (χ1n) is 5.14. The monoisotopic (exact) mass is 254 g/mol. The van der Waals surface area contributed by atoms with Crippen molar-refractivity contribution >= 4 is 17.5 Å². The summed E-state index contributed by atoms with van der Waals surface area (Å²) in [5.74, 6) is 0.00477. The molecule has 2 N–H and O–H groups in total. The minimum Gasteiger partial charge on any atom is -0.428 e. The summed E-state index contributed by atoms with van der Waals surface area (Å²) in [5, 5.41) is 10.6. The van der Waals surface area contributed by atoms with Gasteiger partial charge in [0.15, 0.2) is 0 Å². The fourth-order valence-electron chi connectivity index (χ4n) is 1.11. The van der Waals surface area contributed by atoms with E-state index in [2.05, 4.69) is 0 Å². The molecule has 0 aliphatic rings. The number of nitrogens with two attached hydrogens (primary N) is 1. The molecule has 7 heteroatoms. The van der Waals surface area contributed by atoms with E-state index in [9.17, 15) is 14.9 Å². The van der Waals surface area contributed by atoms with E-state index >= 15 is 0 Å². The number of hydrogen-bond acceptors (Lipinski definition) is 6. The minimum atomic E-state index is -0.929. The van der Waals surface area contributed by atoms with Crippen molar-refractivity contribution in [3.8, 4) is 5.75 Å². The van der Waals surface area contributed by atoms with Crippen molar-refractivity contribution in [1.29, 1.82) is 0 Å². The molecule has 1 rings (SSSR count). The van der Waals surface area contributed by atoms with E-state index in [0.29, 0.717) is 0 Å². The molecule has 1 aromatic rings. The Morgan fingerprint density at radius 1 is 1.39 bits per heavy atom. The number of nitro benzene ring substituents is 1. The van der Waals surface area contributed by atoms with Gasteiger partial charge in [-0.3, -0.25) is 10.1 Å². The minimum absolute atomic E-state index is 0.00320. The van der Waals surface area contributed by atoms with Crippen LogP contribution in [0.4, 0.5) is 16.2 Å². The van der Waals surface area contributed by atoms with E-state index in [1.807, 2.05) is 0 Å². The van der Waals surface area contributed by atoms with Gasteiger partial charge in [-0.2, -0.15) is 0 Å². The van der Waals surface area contributed by atoms with E-state index in [1.165, 1.54) is 12.1 Å². The quantitative estimate of drug-likeness (QED) is 0.286. The number of benzene rings is 1. The van der Waals surface area contributed by atoms with Crippen molar-refractivity contribution in [3.05, 3.63) is 28.3 Å². The lowest BCUT2D eigenvalue weighted by molar-refractivity contribution is -0.383. The first-order chi connectivity index (χ1) is 8.19. The Labute approximate surface area is 104 Å². The normalized spacial score (nSPS) is 10.8. The topological polar surface area (TPSA) is 105 Å². The Morgan fingerprint density at radius 3 is 2.50 bits per heavy atom. The summed E-state index contributed by atoms with van der Waals surface area (Å²) >= 11 is 0. The number of anilines is 1. The third-order valence-corrected chi connectivity index (χ3v) is 1.79. The van der Waals surface area contributed by atoms with E-state index in [4.69, 9.17) is 15.2 Å². The zero-order valence-electron chi connectivity index (χ0n) is 10.3. The van der Waals surface area contributed by atoms with Crippen molar-refractivity contribution in [3.63, 3.8) is 0 Å². The predicted molar refractivity (Wildman–Crippen MR) is 64.4 cm³/mol. The van der Waals surface area contributed by atoms with Crippen molar-refractivity contribution in [2.24, 2.45) is 0 Å². The van der Waals surface area contributed by atoms with Crippen LogP contribution in [-0.4, -0.2) is 16.7 Å². The second kappa shape index (κ2) is 4.91. The highest BCUT2D eigenvalue weighted by Crippen LogP contribution is 2.26. The van der Waals surface area contributed by atoms with Crippen LogP contribution < -0.4 is 10.5 Å². The van der Waals surface area contributed by atoms with Crippen LogP contribution >= 0.6 is 0 Å². The van der Waals surface area contributed by atoms with Gasteiger partial charge in [0.2, 0.25) is 0 Å². The van der Waals surface area contributed by atoms with E-state index < -0.39 is 16.7 Å². The molecule has 0 fully saturated rings. The summed E-state index contributed by atoms with van der Waals surface area (Å²) in [6.45, 7) is 5.04. The number of carbonyl (C=O) groups excluding carboxylic acids is 1. The molecule has 0 spiro atoms. The average Bonchev–Trinajstić information content (AvgIpc) is 2.17. The number of hydrogen-bond donors (Lipinski definition) is 1. The van der Waals surface area contributed by atoms with Crippen LogP contribution in [0.2, 0.25) is 0 Å². The van der Waals surface area contributed by atoms with Crippen molar-refractivity contribution < 1.29 is 19.2 Å². The number of nitro groups is 1. The molecule has 18 heavy (non-hydrogen) atoms. The summed E-state index contributed by atoms with van der Waals surface area (Å²) in [4.78, 5) is 21.3. The largest absolute Gasteiger partial charge is 0.514 e. The maximum Gasteiger partial charge on any atom is 0.514 e. The zero-order chi connectivity index (χ0) is 13.9. The molecule has 0 heterocycles. The lowest BCUT2D eigenvalue weighted by Crippen LogP contribution is -2.26. The van der Waals surface area contributed by atoms with Crippen LogP contribution in [0, 0.1) is 10.1 Å². The first-order valence-corrected chi connectivity index (χ1v) is 5.14. The number of nitrogens with zero attached hydrogens (tertiary/aromatic N) is 1. The number of nitrogen functional groups attached to an aromatic ring is 1. The third-order valence-electron chi connectivity index (χ3n) is 1.79. The van der Waals surface area contributed by atoms with Gasteiger partial charge in [0.05, 0.1) is 11.0 Å². The molecule has 0 bridgehead atoms. The van der Waals surface area contributed by atoms with E-state index in [0.717, 1.165) is 6.07 Å². The van der Waals surface area contributed by atoms with Crippen LogP contribution in [0.1, 0.15) is 20.8 Å². The van der Waals surface area contributed by atoms with Crippen LogP contribution in [0.25, 0.3) is 0 Å². The zero-order valence-corrected chi connectivity index (χ0v) is 10.3. The molecule has 0 saturated carbocycles. The second-order valence-corrected chi connectivity index (χ2v) is 4.54. The summed E-state index contributed by atoms with van der Waals surface area (Å²) in [5.41, 5.74) is 4.39. The summed E-state index contributed by atoms with van der Waals surface area (Å²) < 4.78 is 9.73. The number of carbonyl (C=O) groups is 1. The molecular weight excluding hydrogens is 240 g/mol. The third kappa shape index (κ3) is 3.93. The highest BCUT2D eigenvalue weighted by atomic mass is 16.7. The van der Waals surface area contributed by atoms with Crippen LogP contribution in [-0.2, 0) is 4.74 Å². The summed E-state index contributed by atoms with van der Waals surface area (Å²) in [6, 6.07) is 3.71. The average molecular weight is 254 g/mol. The van der Waals surface area contributed by atoms with Gasteiger partial charge in [0.1, 0.15) is 17.0 Å². The standard InChI is InChI=1S/C11H14N2O5/c1-11(2,3)18-10(14)17-7-4-5-8(12)9(6-7)13(15)16/h4-6H,12H2,1-3H3. The molecule has 0 radical (unpaired) electrons. The van der Waals surface area contributed by atoms with Gasteiger partial charge in [0.25, 0.3) is 5.69 Å². The van der Waals surface area contributed by atoms with Gasteiger partial charge >= 0.3 is 6.16 Å². The molecule has 0 aliphatic heterocycles. The van der Waals surface area contributed by atoms with Crippen LogP contribution in [0.5, 0.6) is 5.75 Å². The molecule has 0 aliphatic carbocycles. The highest BCUT2D eigenvalue weighted by Gasteiger charge is 2.19. The summed E-state index contributed by atoms with van der Waals surface area (Å²) in [6.07, 6.45) is -0.929. The van der Waals surface area contributed by atoms with E-state index in [-0.39, 0.29) is 17.1 Å². The number of rotatable bonds is 2. The van der Waals surface area contributed by atoms with Gasteiger partial charge in [-0.15, -0.1) is 0 Å². The molecular formula is C11H14N2O5. The fourth-order valence-corrected chi connectivity index (χ4v) is 1.11. The molecule has 0 saturated heterocycles. The molecule has 0 aromatic heterocycles. The number of ether oxygens (including phenoxy) is 2. The Kier molecular flexibility index (Phi) is 3.75. The van der Waals surface area contributed by atoms with Crippen LogP contribution in [0.15, 0.2) is 18.2 Å². The van der Waals surface area contributed by atoms with Crippen molar-refractivity contribution in [2.75, 3.05) is 5.73 Å². The molecule has 98 valence electrons. The highest BCUT2D eigenvalue weighted by molar-refractivity contribution is 5.67. The van der Waals surface area contributed by atoms with Crippen molar-refractivity contribution in [2.45, 2.75) is 26.4 Å². The maximum absolute atomic E-state index is 11.3. The lowest BCUT2D eigenvalue weighted by Gasteiger charge is -2.18. The molecule has 0 amide bonds. The first kappa shape index (κ1) is 13.8. The van der Waals surface area contributed by atoms with Gasteiger partial charge < -0.3 is 15.2 Å². The van der Waals surface area contributed by atoms with Gasteiger partial charge in [-0.05, 0) is 32.9 Å². The van der Waals surface area contributed by atoms with Gasteiger partial charge in [-0.1, -0.05) is 0 Å². The Bertz CT molecular complexity index is 479. The fraction of sp³-hybridized carbons (Fsp3) is 0.364. The Balaban J connectivity index is 2.83. The lowest BCUT2D eigenvalue weighted by atomic mass is 10.2. The smallest absolute Gasteiger partial charge is 0.428 e. The SMILES string of the molecule is CC(C)(C)OC(=O)Oc1ccc(N)c([N+](=O)[O-])c1. The van der Waals surface area contributed by atoms with E-state index in [1.54, 1.807) is 20.8 Å². The molecule has 1 aromatic carbocycles. The second-order valence-electron chi connectivity index (χ2n) is 4.54. The molecule has 0 unspecified atom stereocenters. The summed E-state index contributed by atoms with van der Waals surface area (Å²) in [7, 11) is 0. The van der Waals surface area contributed by atoms with Gasteiger partial charge in [-0.25, -0.2) is 4.79 Å². The van der Waals surface area contributed by atoms with Crippen molar-refractivity contribution in [1.82, 2.24) is 0 Å².